The van der Waals surface area contributed by atoms with Crippen LogP contribution in [0.3, 0.4) is 0 Å². The number of hydrogen-bond donors (Lipinski definition) is 1. The van der Waals surface area contributed by atoms with E-state index < -0.39 is 0 Å². The molecule has 3 fully saturated rings. The van der Waals surface area contributed by atoms with Crippen LogP contribution in [0.2, 0.25) is 0 Å². The molecule has 0 radical (unpaired) electrons. The molecule has 0 unspecified atom stereocenters. The van der Waals surface area contributed by atoms with Gasteiger partial charge in [0.2, 0.25) is 5.95 Å². The number of tetrazole rings is 1. The maximum absolute atomic E-state index is 9.66. The Kier molecular flexibility index (Phi) is 9.91. The Morgan fingerprint density at radius 1 is 1.00 bits per heavy atom. The van der Waals surface area contributed by atoms with E-state index in [9.17, 15) is 5.26 Å². The molecule has 3 aliphatic rings. The van der Waals surface area contributed by atoms with Gasteiger partial charge in [0.25, 0.3) is 5.88 Å². The fourth-order valence-electron chi connectivity index (χ4n) is 7.29. The van der Waals surface area contributed by atoms with Gasteiger partial charge in [0.15, 0.2) is 0 Å². The van der Waals surface area contributed by atoms with Crippen LogP contribution < -0.4 is 14.8 Å². The molecule has 1 aromatic carbocycles. The molecule has 15 heteroatoms. The Hall–Kier alpha value is -5.12. The van der Waals surface area contributed by atoms with Gasteiger partial charge in [0, 0.05) is 42.5 Å². The smallest absolute Gasteiger partial charge is 0.256 e. The van der Waals surface area contributed by atoms with E-state index in [2.05, 4.69) is 47.8 Å². The zero-order valence-electron chi connectivity index (χ0n) is 27.6. The van der Waals surface area contributed by atoms with Crippen molar-refractivity contribution in [1.29, 1.82) is 10.5 Å². The zero-order chi connectivity index (χ0) is 33.6. The third-order valence-electron chi connectivity index (χ3n) is 9.63. The highest BCUT2D eigenvalue weighted by Gasteiger charge is 2.42. The van der Waals surface area contributed by atoms with Gasteiger partial charge in [-0.05, 0) is 80.0 Å². The third-order valence-corrected chi connectivity index (χ3v) is 9.63. The van der Waals surface area contributed by atoms with Gasteiger partial charge in [0.1, 0.15) is 29.9 Å². The molecule has 3 atom stereocenters. The standard InChI is InChI=1S/C34H40N12O3/c1-23(18-44-22-39-42-43-44)49-32-14-24(4-5-25(32)15-36)26-16-37-34(38-17-26)40-31-19-45(41-33(31)48-13-3-2-12-35)27-6-8-28(9-7-27)46-29-10-11-30(46)21-47-20-29/h4-5,14,16-17,19,22-23,27-30H,2-3,6-11,13,18,20-21H2,1H3,(H,37,38,40)/t23-,27-,28-,29-,30+/m0/s1. The highest BCUT2D eigenvalue weighted by atomic mass is 16.5. The Labute approximate surface area is 284 Å². The zero-order valence-corrected chi connectivity index (χ0v) is 27.6. The quantitative estimate of drug-likeness (QED) is 0.199. The fourth-order valence-corrected chi connectivity index (χ4v) is 7.29. The van der Waals surface area contributed by atoms with E-state index in [4.69, 9.17) is 24.6 Å². The molecule has 49 heavy (non-hydrogen) atoms. The van der Waals surface area contributed by atoms with Crippen molar-refractivity contribution in [3.05, 3.63) is 48.7 Å². The third kappa shape index (κ3) is 7.48. The van der Waals surface area contributed by atoms with Crippen molar-refractivity contribution in [3.63, 3.8) is 0 Å². The van der Waals surface area contributed by atoms with Crippen molar-refractivity contribution in [3.8, 4) is 34.9 Å². The predicted octanol–water partition coefficient (Wildman–Crippen LogP) is 4.44. The summed E-state index contributed by atoms with van der Waals surface area (Å²) < 4.78 is 21.6. The summed E-state index contributed by atoms with van der Waals surface area (Å²) in [5.41, 5.74) is 2.68. The summed E-state index contributed by atoms with van der Waals surface area (Å²) in [6.07, 6.45) is 14.6. The van der Waals surface area contributed by atoms with Crippen molar-refractivity contribution in [2.75, 3.05) is 25.1 Å². The van der Waals surface area contributed by atoms with Gasteiger partial charge in [-0.25, -0.2) is 14.6 Å². The number of fused-ring (bicyclic) bond motifs is 2. The minimum Gasteiger partial charge on any atom is -0.487 e. The Balaban J connectivity index is 1.03. The number of aromatic nitrogens is 8. The number of nitrogens with zero attached hydrogens (tertiary/aromatic N) is 11. The lowest BCUT2D eigenvalue weighted by Gasteiger charge is -2.43. The predicted molar refractivity (Wildman–Crippen MR) is 177 cm³/mol. The van der Waals surface area contributed by atoms with Gasteiger partial charge in [-0.2, -0.15) is 10.5 Å². The van der Waals surface area contributed by atoms with Gasteiger partial charge < -0.3 is 19.5 Å². The van der Waals surface area contributed by atoms with Crippen LogP contribution in [-0.4, -0.2) is 88.9 Å². The van der Waals surface area contributed by atoms with E-state index in [1.807, 2.05) is 29.9 Å². The fraction of sp³-hybridized carbons (Fsp3) is 0.529. The number of rotatable bonds is 13. The van der Waals surface area contributed by atoms with Crippen LogP contribution in [0.1, 0.15) is 69.9 Å². The number of hydrogen-bond acceptors (Lipinski definition) is 13. The number of unbranched alkanes of at least 4 members (excludes halogenated alkanes) is 1. The summed E-state index contributed by atoms with van der Waals surface area (Å²) in [7, 11) is 0. The molecule has 1 aliphatic carbocycles. The van der Waals surface area contributed by atoms with E-state index in [1.54, 1.807) is 23.1 Å². The van der Waals surface area contributed by atoms with Crippen molar-refractivity contribution in [1.82, 2.24) is 44.9 Å². The average Bonchev–Trinajstić information content (AvgIpc) is 3.85. The maximum Gasteiger partial charge on any atom is 0.256 e. The van der Waals surface area contributed by atoms with Crippen LogP contribution in [0.25, 0.3) is 11.1 Å². The van der Waals surface area contributed by atoms with Gasteiger partial charge >= 0.3 is 0 Å². The van der Waals surface area contributed by atoms with E-state index in [-0.39, 0.29) is 12.1 Å². The number of nitrogens with one attached hydrogen (secondary N) is 1. The molecule has 254 valence electrons. The van der Waals surface area contributed by atoms with Crippen molar-refractivity contribution in [2.45, 2.75) is 95.1 Å². The van der Waals surface area contributed by atoms with Crippen LogP contribution in [0.4, 0.5) is 11.6 Å². The maximum atomic E-state index is 9.66. The van der Waals surface area contributed by atoms with Crippen LogP contribution in [0.5, 0.6) is 11.6 Å². The summed E-state index contributed by atoms with van der Waals surface area (Å²) in [5.74, 6) is 1.33. The lowest BCUT2D eigenvalue weighted by Crippen LogP contribution is -2.52. The molecule has 15 nitrogen and oxygen atoms in total. The van der Waals surface area contributed by atoms with Crippen LogP contribution in [0, 0.1) is 22.7 Å². The minimum atomic E-state index is -0.277. The molecule has 4 aromatic rings. The van der Waals surface area contributed by atoms with Crippen molar-refractivity contribution >= 4 is 11.6 Å². The van der Waals surface area contributed by atoms with E-state index >= 15 is 0 Å². The highest BCUT2D eigenvalue weighted by Crippen LogP contribution is 2.39. The van der Waals surface area contributed by atoms with E-state index in [1.165, 1.54) is 19.2 Å². The summed E-state index contributed by atoms with van der Waals surface area (Å²) in [5, 5.41) is 38.0. The molecule has 2 saturated heterocycles. The van der Waals surface area contributed by atoms with Crippen molar-refractivity contribution < 1.29 is 14.2 Å². The number of ether oxygens (including phenoxy) is 3. The summed E-state index contributed by atoms with van der Waals surface area (Å²) in [6.45, 7) is 4.45. The molecule has 0 amide bonds. The van der Waals surface area contributed by atoms with Crippen LogP contribution >= 0.6 is 0 Å². The molecule has 2 bridgehead atoms. The average molecular weight is 665 g/mol. The number of benzene rings is 1. The molecule has 1 N–H and O–H groups in total. The molecule has 1 saturated carbocycles. The normalized spacial score (nSPS) is 22.6. The Morgan fingerprint density at radius 3 is 2.47 bits per heavy atom. The van der Waals surface area contributed by atoms with Crippen LogP contribution in [0.15, 0.2) is 43.1 Å². The SMILES string of the molecule is C[C@@H](Cn1cnnn1)Oc1cc(-c2cnc(Nc3cn([C@H]4CC[C@H](N5[C@@H]6CC[C@H]5COC6)CC4)nc3OCCCC#N)nc2)ccc1C#N. The van der Waals surface area contributed by atoms with Crippen LogP contribution in [-0.2, 0) is 11.3 Å². The van der Waals surface area contributed by atoms with Gasteiger partial charge in [-0.15, -0.1) is 10.2 Å². The summed E-state index contributed by atoms with van der Waals surface area (Å²) in [6, 6.07) is 11.8. The number of morpholine rings is 1. The van der Waals surface area contributed by atoms with Gasteiger partial charge in [-0.3, -0.25) is 9.58 Å². The lowest BCUT2D eigenvalue weighted by atomic mass is 9.89. The topological polar surface area (TPSA) is 178 Å². The second-order valence-electron chi connectivity index (χ2n) is 13.0. The first-order chi connectivity index (χ1) is 24.1. The van der Waals surface area contributed by atoms with E-state index in [0.717, 1.165) is 50.0 Å². The second-order valence-corrected chi connectivity index (χ2v) is 13.0. The minimum absolute atomic E-state index is 0.277. The summed E-state index contributed by atoms with van der Waals surface area (Å²) >= 11 is 0. The lowest BCUT2D eigenvalue weighted by molar-refractivity contribution is -0.0458. The second kappa shape index (κ2) is 15.0. The largest absolute Gasteiger partial charge is 0.487 e. The first-order valence-corrected chi connectivity index (χ1v) is 17.0. The molecule has 7 rings (SSSR count). The summed E-state index contributed by atoms with van der Waals surface area (Å²) in [4.78, 5) is 11.9. The number of anilines is 2. The van der Waals surface area contributed by atoms with Gasteiger partial charge in [0.05, 0.1) is 50.2 Å². The van der Waals surface area contributed by atoms with E-state index in [0.29, 0.717) is 72.9 Å². The first kappa shape index (κ1) is 32.4. The van der Waals surface area contributed by atoms with Crippen molar-refractivity contribution in [2.24, 2.45) is 0 Å². The monoisotopic (exact) mass is 664 g/mol. The molecule has 3 aromatic heterocycles. The van der Waals surface area contributed by atoms with Gasteiger partial charge in [-0.1, -0.05) is 6.07 Å². The molecular formula is C34H40N12O3. The molecule has 0 spiro atoms. The number of nitriles is 2. The molecule has 5 heterocycles. The molecular weight excluding hydrogens is 624 g/mol. The molecule has 2 aliphatic heterocycles. The Morgan fingerprint density at radius 2 is 1.76 bits per heavy atom. The Bertz CT molecular complexity index is 1760. The first-order valence-electron chi connectivity index (χ1n) is 17.0. The highest BCUT2D eigenvalue weighted by molar-refractivity contribution is 5.67.